The summed E-state index contributed by atoms with van der Waals surface area (Å²) >= 11 is 1.38. The quantitative estimate of drug-likeness (QED) is 0.314. The molecule has 3 aromatic carbocycles. The number of aryl methyl sites for hydroxylation is 3. The molecule has 4 aromatic rings. The minimum Gasteiger partial charge on any atom is -0.318 e. The zero-order valence-electron chi connectivity index (χ0n) is 20.3. The molecule has 2 heterocycles. The predicted molar refractivity (Wildman–Crippen MR) is 147 cm³/mol. The van der Waals surface area contributed by atoms with Crippen LogP contribution in [0.2, 0.25) is 0 Å². The van der Waals surface area contributed by atoms with Gasteiger partial charge in [-0.2, -0.15) is 0 Å². The average molecular weight is 478 g/mol. The van der Waals surface area contributed by atoms with Crippen molar-refractivity contribution < 1.29 is 4.79 Å². The van der Waals surface area contributed by atoms with E-state index in [1.54, 1.807) is 0 Å². The van der Waals surface area contributed by atoms with Gasteiger partial charge in [0.1, 0.15) is 0 Å². The molecule has 1 N–H and O–H groups in total. The first-order valence-electron chi connectivity index (χ1n) is 11.6. The number of carbonyl (C=O) groups excluding carboxylic acids is 1. The van der Waals surface area contributed by atoms with Gasteiger partial charge in [0.05, 0.1) is 10.6 Å². The predicted octanol–water partition coefficient (Wildman–Crippen LogP) is 7.27. The van der Waals surface area contributed by atoms with Crippen molar-refractivity contribution in [2.24, 2.45) is 4.99 Å². The summed E-state index contributed by atoms with van der Waals surface area (Å²) in [6, 6.07) is 27.2. The number of amides is 1. The van der Waals surface area contributed by atoms with E-state index < -0.39 is 0 Å². The smallest absolute Gasteiger partial charge is 0.264 e. The van der Waals surface area contributed by atoms with E-state index in [1.165, 1.54) is 22.9 Å². The first-order chi connectivity index (χ1) is 16.9. The van der Waals surface area contributed by atoms with Crippen LogP contribution in [0.5, 0.6) is 0 Å². The second-order valence-corrected chi connectivity index (χ2v) is 9.93. The van der Waals surface area contributed by atoms with Crippen molar-refractivity contribution in [3.63, 3.8) is 0 Å². The summed E-state index contributed by atoms with van der Waals surface area (Å²) in [5, 5.41) is 3.51. The average Bonchev–Trinajstić information content (AvgIpc) is 3.31. The number of aromatic nitrogens is 1. The fourth-order valence-electron chi connectivity index (χ4n) is 4.52. The number of thioether (sulfide) groups is 1. The first-order valence-corrected chi connectivity index (χ1v) is 12.4. The van der Waals surface area contributed by atoms with Crippen molar-refractivity contribution in [2.75, 3.05) is 0 Å². The largest absolute Gasteiger partial charge is 0.318 e. The third kappa shape index (κ3) is 4.86. The summed E-state index contributed by atoms with van der Waals surface area (Å²) in [6.45, 7) is 8.28. The minimum absolute atomic E-state index is 0.116. The van der Waals surface area contributed by atoms with Gasteiger partial charge in [-0.25, -0.2) is 4.99 Å². The summed E-state index contributed by atoms with van der Waals surface area (Å²) in [6.07, 6.45) is 1.96. The second kappa shape index (κ2) is 9.43. The Kier molecular flexibility index (Phi) is 6.18. The van der Waals surface area contributed by atoms with Crippen molar-refractivity contribution in [1.82, 2.24) is 9.88 Å². The number of nitrogens with one attached hydrogen (secondary N) is 1. The monoisotopic (exact) mass is 477 g/mol. The molecule has 1 fully saturated rings. The lowest BCUT2D eigenvalue weighted by atomic mass is 10.1. The van der Waals surface area contributed by atoms with Crippen molar-refractivity contribution in [3.8, 4) is 16.8 Å². The lowest BCUT2D eigenvalue weighted by molar-refractivity contribution is -0.115. The molecule has 5 rings (SSSR count). The molecule has 1 aromatic heterocycles. The van der Waals surface area contributed by atoms with Crippen LogP contribution >= 0.6 is 11.8 Å². The van der Waals surface area contributed by atoms with E-state index in [2.05, 4.69) is 89.4 Å². The molecule has 0 unspecified atom stereocenters. The zero-order chi connectivity index (χ0) is 24.5. The van der Waals surface area contributed by atoms with Crippen LogP contribution < -0.4 is 5.32 Å². The molecule has 4 nitrogen and oxygen atoms in total. The van der Waals surface area contributed by atoms with Crippen LogP contribution in [-0.2, 0) is 4.79 Å². The molecule has 1 saturated heterocycles. The SMILES string of the molecule is Cc1cc(C)cc(N=C2NC(=O)C(=Cc3cc(C)n(-c4ccc(-c5ccccc5)cc4)c3C)S2)c1. The Labute approximate surface area is 210 Å². The molecular formula is C30H27N3OS. The fourth-order valence-corrected chi connectivity index (χ4v) is 5.35. The molecule has 1 aliphatic heterocycles. The third-order valence-electron chi connectivity index (χ3n) is 6.08. The highest BCUT2D eigenvalue weighted by Gasteiger charge is 2.24. The molecule has 0 aliphatic carbocycles. The van der Waals surface area contributed by atoms with Gasteiger partial charge in [-0.05, 0) is 104 Å². The van der Waals surface area contributed by atoms with Crippen LogP contribution in [0.1, 0.15) is 28.1 Å². The molecule has 0 spiro atoms. The van der Waals surface area contributed by atoms with E-state index in [-0.39, 0.29) is 5.91 Å². The van der Waals surface area contributed by atoms with E-state index in [4.69, 9.17) is 0 Å². The Morgan fingerprint density at radius 1 is 0.829 bits per heavy atom. The Bertz CT molecular complexity index is 1460. The topological polar surface area (TPSA) is 46.4 Å². The van der Waals surface area contributed by atoms with Gasteiger partial charge in [-0.3, -0.25) is 4.79 Å². The molecule has 0 bridgehead atoms. The number of hydrogen-bond donors (Lipinski definition) is 1. The van der Waals surface area contributed by atoms with E-state index in [0.29, 0.717) is 10.1 Å². The Hall–Kier alpha value is -3.83. The fraction of sp³-hybridized carbons (Fsp3) is 0.133. The normalized spacial score (nSPS) is 15.7. The van der Waals surface area contributed by atoms with Crippen molar-refractivity contribution in [3.05, 3.63) is 112 Å². The molecule has 35 heavy (non-hydrogen) atoms. The summed E-state index contributed by atoms with van der Waals surface area (Å²) in [4.78, 5) is 18.0. The second-order valence-electron chi connectivity index (χ2n) is 8.90. The summed E-state index contributed by atoms with van der Waals surface area (Å²) in [5.74, 6) is -0.116. The van der Waals surface area contributed by atoms with Gasteiger partial charge in [0.15, 0.2) is 5.17 Å². The van der Waals surface area contributed by atoms with Crippen molar-refractivity contribution >= 4 is 34.6 Å². The number of aliphatic imine (C=N–C) groups is 1. The van der Waals surface area contributed by atoms with Gasteiger partial charge in [-0.1, -0.05) is 48.5 Å². The summed E-state index contributed by atoms with van der Waals surface area (Å²) < 4.78 is 2.23. The van der Waals surface area contributed by atoms with Gasteiger partial charge >= 0.3 is 0 Å². The maximum absolute atomic E-state index is 12.7. The molecule has 0 saturated carbocycles. The van der Waals surface area contributed by atoms with E-state index in [0.717, 1.165) is 39.5 Å². The number of amidine groups is 1. The Balaban J connectivity index is 1.41. The Morgan fingerprint density at radius 3 is 2.17 bits per heavy atom. The summed E-state index contributed by atoms with van der Waals surface area (Å²) in [5.41, 5.74) is 9.89. The van der Waals surface area contributed by atoms with Crippen LogP contribution in [0, 0.1) is 27.7 Å². The van der Waals surface area contributed by atoms with E-state index in [1.807, 2.05) is 38.1 Å². The molecule has 174 valence electrons. The van der Waals surface area contributed by atoms with Crippen molar-refractivity contribution in [1.29, 1.82) is 0 Å². The van der Waals surface area contributed by atoms with Gasteiger partial charge < -0.3 is 9.88 Å². The van der Waals surface area contributed by atoms with Crippen LogP contribution in [0.25, 0.3) is 22.9 Å². The molecule has 5 heteroatoms. The number of carbonyl (C=O) groups is 1. The van der Waals surface area contributed by atoms with Gasteiger partial charge in [0.25, 0.3) is 5.91 Å². The number of benzene rings is 3. The standard InChI is InChI=1S/C30H27N3OS/c1-19-14-20(2)16-26(15-19)31-30-32-29(34)28(35-30)18-25-17-21(3)33(22(25)4)27-12-10-24(11-13-27)23-8-6-5-7-9-23/h5-18H,1-4H3,(H,31,32,34). The molecule has 0 atom stereocenters. The number of rotatable bonds is 4. The lowest BCUT2D eigenvalue weighted by Crippen LogP contribution is -2.19. The molecular weight excluding hydrogens is 450 g/mol. The lowest BCUT2D eigenvalue weighted by Gasteiger charge is -2.11. The zero-order valence-corrected chi connectivity index (χ0v) is 21.1. The highest BCUT2D eigenvalue weighted by Crippen LogP contribution is 2.31. The molecule has 0 radical (unpaired) electrons. The van der Waals surface area contributed by atoms with Crippen LogP contribution in [0.3, 0.4) is 0 Å². The van der Waals surface area contributed by atoms with Crippen LogP contribution in [0.4, 0.5) is 5.69 Å². The van der Waals surface area contributed by atoms with Gasteiger partial charge in [0, 0.05) is 17.1 Å². The van der Waals surface area contributed by atoms with Gasteiger partial charge in [-0.15, -0.1) is 0 Å². The molecule has 1 aliphatic rings. The van der Waals surface area contributed by atoms with Crippen molar-refractivity contribution in [2.45, 2.75) is 27.7 Å². The van der Waals surface area contributed by atoms with E-state index in [9.17, 15) is 4.79 Å². The van der Waals surface area contributed by atoms with Gasteiger partial charge in [0.2, 0.25) is 0 Å². The van der Waals surface area contributed by atoms with Crippen LogP contribution in [0.15, 0.2) is 88.8 Å². The third-order valence-corrected chi connectivity index (χ3v) is 6.99. The maximum atomic E-state index is 12.7. The number of hydrogen-bond acceptors (Lipinski definition) is 3. The molecule has 1 amide bonds. The maximum Gasteiger partial charge on any atom is 0.264 e. The highest BCUT2D eigenvalue weighted by molar-refractivity contribution is 8.18. The summed E-state index contributed by atoms with van der Waals surface area (Å²) in [7, 11) is 0. The minimum atomic E-state index is -0.116. The highest BCUT2D eigenvalue weighted by atomic mass is 32.2. The number of nitrogens with zero attached hydrogens (tertiary/aromatic N) is 2. The first kappa shape index (κ1) is 22.9. The van der Waals surface area contributed by atoms with E-state index >= 15 is 0 Å². The Morgan fingerprint density at radius 2 is 1.49 bits per heavy atom. The van der Waals surface area contributed by atoms with Crippen LogP contribution in [-0.4, -0.2) is 15.6 Å².